The molecule has 0 amide bonds. The van der Waals surface area contributed by atoms with Gasteiger partial charge in [-0.2, -0.15) is 0 Å². The third-order valence-electron chi connectivity index (χ3n) is 14.0. The first-order valence-electron chi connectivity index (χ1n) is 19.6. The minimum Gasteiger partial charge on any atom is -0.487 e. The molecule has 1 saturated heterocycles. The lowest BCUT2D eigenvalue weighted by Crippen LogP contribution is -2.62. The van der Waals surface area contributed by atoms with Crippen molar-refractivity contribution in [3.8, 4) is 5.75 Å². The standard InChI is InChI=1S/C24H32O6.C18H20FN3O4/c1-13-9-16-17-6-8-24(29,20(28)12-30-14(2)25)23(17,4)11-19(27)21(16)22(3)7-5-15(26)10-18(13)22;1-10-9-26-17-14-11(16(23)12(18(24)25)8-22(10)14)7-13(19)15(17)21-5-3-20(2)4-6-21/h5,7,10,13,16-17,19,21,27,29H,6,8-9,11-12H2,1-4H3;7-8,10H,3-6,9H2,1-2H3,(H,24,25)/t13-,16-,17-,19-,21+,22-,23-,24-;/m0./s1. The molecule has 6 aliphatic rings. The first-order valence-corrected chi connectivity index (χ1v) is 19.6. The number of nitrogens with zero attached hydrogens (tertiary/aromatic N) is 3. The monoisotopic (exact) mass is 777 g/mol. The number of likely N-dealkylation sites (N-methyl/N-ethyl adjacent to an activating group) is 1. The number of esters is 1. The summed E-state index contributed by atoms with van der Waals surface area (Å²) < 4.78 is 27.5. The van der Waals surface area contributed by atoms with Crippen LogP contribution < -0.4 is 15.1 Å². The Kier molecular flexibility index (Phi) is 10.1. The van der Waals surface area contributed by atoms with Crippen LogP contribution in [-0.2, 0) is 19.1 Å². The molecule has 0 radical (unpaired) electrons. The Morgan fingerprint density at radius 1 is 1.11 bits per heavy atom. The second kappa shape index (κ2) is 14.2. The van der Waals surface area contributed by atoms with E-state index in [1.165, 1.54) is 13.1 Å². The number of aliphatic hydroxyl groups is 2. The van der Waals surface area contributed by atoms with E-state index in [0.29, 0.717) is 49.3 Å². The number of pyridine rings is 1. The Morgan fingerprint density at radius 3 is 2.46 bits per heavy atom. The summed E-state index contributed by atoms with van der Waals surface area (Å²) in [7, 11) is 2.02. The van der Waals surface area contributed by atoms with E-state index in [1.54, 1.807) is 16.7 Å². The molecule has 13 nitrogen and oxygen atoms in total. The van der Waals surface area contributed by atoms with Gasteiger partial charge >= 0.3 is 11.9 Å². The summed E-state index contributed by atoms with van der Waals surface area (Å²) in [6, 6.07) is 0.994. The van der Waals surface area contributed by atoms with Crippen molar-refractivity contribution in [1.82, 2.24) is 9.47 Å². The maximum absolute atomic E-state index is 15.0. The van der Waals surface area contributed by atoms with Gasteiger partial charge in [-0.05, 0) is 75.6 Å². The molecule has 1 aromatic carbocycles. The Hall–Kier alpha value is -4.40. The fourth-order valence-electron chi connectivity index (χ4n) is 11.2. The number of rotatable bonds is 5. The highest BCUT2D eigenvalue weighted by Gasteiger charge is 2.68. The molecule has 1 unspecified atom stereocenters. The number of hydrogen-bond acceptors (Lipinski definition) is 11. The normalized spacial score (nSPS) is 34.6. The van der Waals surface area contributed by atoms with Crippen molar-refractivity contribution >= 4 is 40.1 Å². The summed E-state index contributed by atoms with van der Waals surface area (Å²) in [6.07, 6.45) is 8.05. The van der Waals surface area contributed by atoms with Gasteiger partial charge in [0, 0.05) is 56.0 Å². The van der Waals surface area contributed by atoms with Crippen molar-refractivity contribution in [2.24, 2.45) is 34.5 Å². The molecule has 1 aromatic heterocycles. The molecule has 3 heterocycles. The van der Waals surface area contributed by atoms with Gasteiger partial charge < -0.3 is 39.2 Å². The first-order chi connectivity index (χ1) is 26.3. The van der Waals surface area contributed by atoms with E-state index < -0.39 is 58.1 Å². The number of ether oxygens (including phenoxy) is 2. The van der Waals surface area contributed by atoms with Crippen LogP contribution in [-0.4, -0.2) is 106 Å². The van der Waals surface area contributed by atoms with Crippen LogP contribution in [0.25, 0.3) is 10.9 Å². The van der Waals surface area contributed by atoms with Crippen molar-refractivity contribution in [3.05, 3.63) is 57.7 Å². The number of allylic oxidation sites excluding steroid dienone is 4. The molecule has 302 valence electrons. The van der Waals surface area contributed by atoms with Crippen molar-refractivity contribution in [1.29, 1.82) is 0 Å². The van der Waals surface area contributed by atoms with Gasteiger partial charge in [-0.1, -0.05) is 32.4 Å². The minimum absolute atomic E-state index is 0.00535. The molecule has 0 bridgehead atoms. The number of carboxylic acid groups (broad SMARTS) is 1. The summed E-state index contributed by atoms with van der Waals surface area (Å²) >= 11 is 0. The average Bonchev–Trinajstić information content (AvgIpc) is 3.41. The van der Waals surface area contributed by atoms with E-state index in [2.05, 4.69) is 18.7 Å². The van der Waals surface area contributed by atoms with Crippen LogP contribution in [0.2, 0.25) is 0 Å². The molecule has 2 aliphatic heterocycles. The molecule has 4 fully saturated rings. The molecule has 0 spiro atoms. The number of aromatic carboxylic acids is 1. The maximum atomic E-state index is 15.0. The number of carboxylic acids is 1. The Morgan fingerprint density at radius 2 is 1.80 bits per heavy atom. The summed E-state index contributed by atoms with van der Waals surface area (Å²) in [6.45, 7) is 12.0. The van der Waals surface area contributed by atoms with Gasteiger partial charge in [0.25, 0.3) is 0 Å². The number of aliphatic hydroxyl groups excluding tert-OH is 1. The molecule has 2 aromatic rings. The summed E-state index contributed by atoms with van der Waals surface area (Å²) in [5, 5.41) is 32.2. The molecular weight excluding hydrogens is 725 g/mol. The third kappa shape index (κ3) is 6.19. The second-order valence-corrected chi connectivity index (χ2v) is 17.3. The SMILES string of the molecule is CC(=O)OCC(=O)[C@@]1(O)CC[C@H]2[C@@H]3C[C@H](C)C4=CC(=O)C=C[C@]4(C)[C@H]3[C@@H](O)C[C@@]21C.CC1COc2c(N3CCN(C)CC3)c(F)cc3c(=O)c(C(=O)O)cn1c23. The lowest BCUT2D eigenvalue weighted by atomic mass is 9.45. The van der Waals surface area contributed by atoms with Crippen molar-refractivity contribution in [2.75, 3.05) is 51.3 Å². The molecule has 3 saturated carbocycles. The second-order valence-electron chi connectivity index (χ2n) is 17.3. The third-order valence-corrected chi connectivity index (χ3v) is 14.0. The predicted molar refractivity (Wildman–Crippen MR) is 204 cm³/mol. The van der Waals surface area contributed by atoms with E-state index in [4.69, 9.17) is 9.47 Å². The van der Waals surface area contributed by atoms with E-state index in [0.717, 1.165) is 31.1 Å². The van der Waals surface area contributed by atoms with Crippen LogP contribution >= 0.6 is 0 Å². The number of hydrogen-bond donors (Lipinski definition) is 3. The molecular formula is C42H52FN3O10. The largest absolute Gasteiger partial charge is 0.487 e. The fraction of sp³-hybridized carbons (Fsp3) is 0.595. The van der Waals surface area contributed by atoms with E-state index >= 15 is 0 Å². The number of ketones is 2. The number of carbonyl (C=O) groups is 4. The van der Waals surface area contributed by atoms with Crippen LogP contribution in [0.15, 0.2) is 40.9 Å². The smallest absolute Gasteiger partial charge is 0.341 e. The first kappa shape index (κ1) is 39.8. The zero-order valence-electron chi connectivity index (χ0n) is 32.8. The predicted octanol–water partition coefficient (Wildman–Crippen LogP) is 3.92. The number of piperazine rings is 1. The van der Waals surface area contributed by atoms with Gasteiger partial charge in [-0.25, -0.2) is 9.18 Å². The number of Topliss-reactive ketones (excluding diaryl/α,β-unsaturated/α-hetero) is 1. The lowest BCUT2D eigenvalue weighted by Gasteiger charge is -2.60. The highest BCUT2D eigenvalue weighted by Crippen LogP contribution is 2.67. The molecule has 3 N–H and O–H groups in total. The quantitative estimate of drug-likeness (QED) is 0.374. The number of halogens is 1. The minimum atomic E-state index is -1.61. The zero-order chi connectivity index (χ0) is 40.6. The number of fused-ring (bicyclic) bond motifs is 5. The summed E-state index contributed by atoms with van der Waals surface area (Å²) in [5.74, 6) is -2.26. The molecule has 9 atom stereocenters. The Labute approximate surface area is 324 Å². The molecule has 4 aliphatic carbocycles. The van der Waals surface area contributed by atoms with E-state index in [1.807, 2.05) is 31.9 Å². The van der Waals surface area contributed by atoms with Gasteiger partial charge in [0.05, 0.1) is 23.0 Å². The van der Waals surface area contributed by atoms with Gasteiger partial charge in [0.2, 0.25) is 11.2 Å². The fourth-order valence-corrected chi connectivity index (χ4v) is 11.2. The lowest BCUT2D eigenvalue weighted by molar-refractivity contribution is -0.182. The van der Waals surface area contributed by atoms with Crippen LogP contribution in [0.4, 0.5) is 10.1 Å². The summed E-state index contributed by atoms with van der Waals surface area (Å²) in [5.41, 5.74) is -1.94. The van der Waals surface area contributed by atoms with Crippen LogP contribution in [0, 0.1) is 40.3 Å². The highest BCUT2D eigenvalue weighted by molar-refractivity contribution is 6.01. The molecule has 14 heteroatoms. The summed E-state index contributed by atoms with van der Waals surface area (Å²) in [4.78, 5) is 64.2. The molecule has 8 rings (SSSR count). The van der Waals surface area contributed by atoms with Gasteiger partial charge in [0.15, 0.2) is 24.0 Å². The van der Waals surface area contributed by atoms with Gasteiger partial charge in [0.1, 0.15) is 23.5 Å². The Bertz CT molecular complexity index is 2120. The van der Waals surface area contributed by atoms with Crippen molar-refractivity contribution in [3.63, 3.8) is 0 Å². The average molecular weight is 778 g/mol. The van der Waals surface area contributed by atoms with Crippen molar-refractivity contribution in [2.45, 2.75) is 78.0 Å². The Balaban J connectivity index is 0.000000173. The number of aromatic nitrogens is 1. The van der Waals surface area contributed by atoms with Crippen LogP contribution in [0.1, 0.15) is 76.7 Å². The van der Waals surface area contributed by atoms with Crippen LogP contribution in [0.5, 0.6) is 5.75 Å². The van der Waals surface area contributed by atoms with E-state index in [9.17, 15) is 43.7 Å². The van der Waals surface area contributed by atoms with Crippen molar-refractivity contribution < 1.29 is 48.4 Å². The maximum Gasteiger partial charge on any atom is 0.341 e. The number of carbonyl (C=O) groups excluding carboxylic acids is 3. The van der Waals surface area contributed by atoms with E-state index in [-0.39, 0.29) is 53.1 Å². The number of anilines is 1. The molecule has 56 heavy (non-hydrogen) atoms. The zero-order valence-corrected chi connectivity index (χ0v) is 32.8. The topological polar surface area (TPSA) is 176 Å². The van der Waals surface area contributed by atoms with Gasteiger partial charge in [-0.15, -0.1) is 0 Å². The number of benzene rings is 1. The highest BCUT2D eigenvalue weighted by atomic mass is 19.1. The van der Waals surface area contributed by atoms with Gasteiger partial charge in [-0.3, -0.25) is 19.2 Å². The van der Waals surface area contributed by atoms with Crippen LogP contribution in [0.3, 0.4) is 0 Å².